The monoisotopic (exact) mass is 413 g/mol. The van der Waals surface area contributed by atoms with Crippen molar-refractivity contribution in [3.05, 3.63) is 48.0 Å². The van der Waals surface area contributed by atoms with Crippen molar-refractivity contribution in [1.29, 1.82) is 0 Å². The molecule has 0 unspecified atom stereocenters. The number of ether oxygens (including phenoxy) is 1. The van der Waals surface area contributed by atoms with E-state index >= 15 is 0 Å². The maximum Gasteiger partial charge on any atom is 0.265 e. The van der Waals surface area contributed by atoms with Crippen molar-refractivity contribution in [1.82, 2.24) is 5.32 Å². The van der Waals surface area contributed by atoms with E-state index in [-0.39, 0.29) is 29.5 Å². The maximum absolute atomic E-state index is 12.8. The van der Waals surface area contributed by atoms with Crippen LogP contribution in [0.25, 0.3) is 0 Å². The Balaban J connectivity index is 1.71. The molecular formula is C21H23N3O4S. The molecule has 0 fully saturated rings. The summed E-state index contributed by atoms with van der Waals surface area (Å²) in [6.45, 7) is 5.47. The first kappa shape index (κ1) is 20.7. The van der Waals surface area contributed by atoms with Crippen LogP contribution in [-0.4, -0.2) is 35.6 Å². The number of carbonyl (C=O) groups excluding carboxylic acids is 3. The van der Waals surface area contributed by atoms with Crippen LogP contribution < -0.4 is 20.7 Å². The molecule has 29 heavy (non-hydrogen) atoms. The molecule has 0 spiro atoms. The number of nitrogens with one attached hydrogen (secondary N) is 3. The molecule has 0 saturated heterocycles. The van der Waals surface area contributed by atoms with Gasteiger partial charge in [0.25, 0.3) is 11.8 Å². The molecule has 2 aromatic carbocycles. The van der Waals surface area contributed by atoms with E-state index in [4.69, 9.17) is 4.74 Å². The summed E-state index contributed by atoms with van der Waals surface area (Å²) in [4.78, 5) is 37.2. The molecule has 7 nitrogen and oxygen atoms in total. The second kappa shape index (κ2) is 9.00. The average Bonchev–Trinajstić information content (AvgIpc) is 2.67. The van der Waals surface area contributed by atoms with Crippen molar-refractivity contribution in [2.75, 3.05) is 16.4 Å². The molecular weight excluding hydrogens is 390 g/mol. The summed E-state index contributed by atoms with van der Waals surface area (Å²) >= 11 is 1.31. The first-order valence-corrected chi connectivity index (χ1v) is 10.3. The lowest BCUT2D eigenvalue weighted by Crippen LogP contribution is -2.34. The van der Waals surface area contributed by atoms with Crippen LogP contribution in [0.3, 0.4) is 0 Å². The molecule has 0 aromatic heterocycles. The SMILES string of the molecule is CC(C)NC(=O)CSc1ccccc1C(=O)Nc1ccc2c(c1)NC(=O)[C@H](C)O2. The number of fused-ring (bicyclic) bond motifs is 1. The van der Waals surface area contributed by atoms with Crippen molar-refractivity contribution < 1.29 is 19.1 Å². The van der Waals surface area contributed by atoms with Gasteiger partial charge < -0.3 is 20.7 Å². The summed E-state index contributed by atoms with van der Waals surface area (Å²) in [7, 11) is 0. The van der Waals surface area contributed by atoms with Gasteiger partial charge in [-0.25, -0.2) is 0 Å². The Morgan fingerprint density at radius 1 is 1.21 bits per heavy atom. The third-order valence-corrected chi connectivity index (χ3v) is 5.18. The number of amides is 3. The van der Waals surface area contributed by atoms with Gasteiger partial charge in [-0.1, -0.05) is 12.1 Å². The van der Waals surface area contributed by atoms with Gasteiger partial charge in [-0.2, -0.15) is 0 Å². The van der Waals surface area contributed by atoms with Crippen molar-refractivity contribution in [3.8, 4) is 5.75 Å². The van der Waals surface area contributed by atoms with Gasteiger partial charge in [0.15, 0.2) is 6.10 Å². The van der Waals surface area contributed by atoms with Crippen LogP contribution >= 0.6 is 11.8 Å². The summed E-state index contributed by atoms with van der Waals surface area (Å²) in [6.07, 6.45) is -0.556. The summed E-state index contributed by atoms with van der Waals surface area (Å²) < 4.78 is 5.52. The Bertz CT molecular complexity index is 945. The van der Waals surface area contributed by atoms with Crippen molar-refractivity contribution in [2.24, 2.45) is 0 Å². The molecule has 0 saturated carbocycles. The van der Waals surface area contributed by atoms with Gasteiger partial charge in [0.05, 0.1) is 17.0 Å². The molecule has 1 atom stereocenters. The van der Waals surface area contributed by atoms with E-state index in [1.54, 1.807) is 37.3 Å². The van der Waals surface area contributed by atoms with Crippen molar-refractivity contribution in [2.45, 2.75) is 37.8 Å². The van der Waals surface area contributed by atoms with Gasteiger partial charge in [-0.05, 0) is 51.1 Å². The molecule has 1 aliphatic heterocycles. The number of anilines is 2. The summed E-state index contributed by atoms with van der Waals surface area (Å²) in [5, 5.41) is 8.42. The van der Waals surface area contributed by atoms with E-state index in [2.05, 4.69) is 16.0 Å². The zero-order chi connectivity index (χ0) is 21.0. The molecule has 1 aliphatic rings. The molecule has 3 N–H and O–H groups in total. The van der Waals surface area contributed by atoms with E-state index in [1.807, 2.05) is 26.0 Å². The van der Waals surface area contributed by atoms with Crippen LogP contribution in [0.4, 0.5) is 11.4 Å². The molecule has 152 valence electrons. The maximum atomic E-state index is 12.8. The molecule has 2 aromatic rings. The lowest BCUT2D eigenvalue weighted by Gasteiger charge is -2.23. The number of hydrogen-bond acceptors (Lipinski definition) is 5. The Morgan fingerprint density at radius 2 is 1.97 bits per heavy atom. The van der Waals surface area contributed by atoms with E-state index in [0.29, 0.717) is 27.6 Å². The minimum Gasteiger partial charge on any atom is -0.479 e. The molecule has 3 amide bonds. The highest BCUT2D eigenvalue weighted by molar-refractivity contribution is 8.00. The van der Waals surface area contributed by atoms with E-state index < -0.39 is 6.10 Å². The Hall–Kier alpha value is -3.00. The van der Waals surface area contributed by atoms with Gasteiger partial charge >= 0.3 is 0 Å². The highest BCUT2D eigenvalue weighted by atomic mass is 32.2. The smallest absolute Gasteiger partial charge is 0.265 e. The highest BCUT2D eigenvalue weighted by Gasteiger charge is 2.24. The van der Waals surface area contributed by atoms with Crippen LogP contribution in [-0.2, 0) is 9.59 Å². The second-order valence-corrected chi connectivity index (χ2v) is 7.94. The molecule has 3 rings (SSSR count). The second-order valence-electron chi connectivity index (χ2n) is 6.92. The lowest BCUT2D eigenvalue weighted by molar-refractivity contribution is -0.122. The third-order valence-electron chi connectivity index (χ3n) is 4.11. The fraction of sp³-hybridized carbons (Fsp3) is 0.286. The van der Waals surface area contributed by atoms with Crippen LogP contribution in [0.2, 0.25) is 0 Å². The predicted molar refractivity (Wildman–Crippen MR) is 114 cm³/mol. The topological polar surface area (TPSA) is 96.5 Å². The molecule has 0 radical (unpaired) electrons. The van der Waals surface area contributed by atoms with Crippen LogP contribution in [0.15, 0.2) is 47.4 Å². The zero-order valence-corrected chi connectivity index (χ0v) is 17.3. The molecule has 0 bridgehead atoms. The number of thioether (sulfide) groups is 1. The quantitative estimate of drug-likeness (QED) is 0.632. The van der Waals surface area contributed by atoms with Gasteiger partial charge in [0.2, 0.25) is 5.91 Å². The fourth-order valence-electron chi connectivity index (χ4n) is 2.77. The number of benzene rings is 2. The average molecular weight is 413 g/mol. The highest BCUT2D eigenvalue weighted by Crippen LogP contribution is 2.32. The first-order chi connectivity index (χ1) is 13.8. The minimum atomic E-state index is -0.556. The Labute approximate surface area is 173 Å². The fourth-order valence-corrected chi connectivity index (χ4v) is 3.63. The van der Waals surface area contributed by atoms with Crippen molar-refractivity contribution >= 4 is 40.9 Å². The minimum absolute atomic E-state index is 0.0677. The van der Waals surface area contributed by atoms with Crippen LogP contribution in [0, 0.1) is 0 Å². The third kappa shape index (κ3) is 5.29. The summed E-state index contributed by atoms with van der Waals surface area (Å²) in [5.41, 5.74) is 1.52. The first-order valence-electron chi connectivity index (χ1n) is 9.27. The predicted octanol–water partition coefficient (Wildman–Crippen LogP) is 3.28. The van der Waals surface area contributed by atoms with E-state index in [9.17, 15) is 14.4 Å². The number of carbonyl (C=O) groups is 3. The summed E-state index contributed by atoms with van der Waals surface area (Å²) in [6, 6.07) is 12.3. The Morgan fingerprint density at radius 3 is 2.72 bits per heavy atom. The van der Waals surface area contributed by atoms with Gasteiger partial charge in [0.1, 0.15) is 5.75 Å². The molecule has 0 aliphatic carbocycles. The van der Waals surface area contributed by atoms with E-state index in [1.165, 1.54) is 11.8 Å². The summed E-state index contributed by atoms with van der Waals surface area (Å²) in [5.74, 6) is 0.168. The van der Waals surface area contributed by atoms with Crippen LogP contribution in [0.5, 0.6) is 5.75 Å². The number of rotatable bonds is 6. The molecule has 8 heteroatoms. The van der Waals surface area contributed by atoms with Gasteiger partial charge in [-0.15, -0.1) is 11.8 Å². The van der Waals surface area contributed by atoms with E-state index in [0.717, 1.165) is 0 Å². The largest absolute Gasteiger partial charge is 0.479 e. The van der Waals surface area contributed by atoms with Gasteiger partial charge in [0, 0.05) is 16.6 Å². The van der Waals surface area contributed by atoms with Crippen molar-refractivity contribution in [3.63, 3.8) is 0 Å². The molecule has 1 heterocycles. The standard InChI is InChI=1S/C21H23N3O4S/c1-12(2)22-19(25)11-29-18-7-5-4-6-15(18)21(27)23-14-8-9-17-16(10-14)24-20(26)13(3)28-17/h4-10,12-13H,11H2,1-3H3,(H,22,25)(H,23,27)(H,24,26)/t13-/m0/s1. The lowest BCUT2D eigenvalue weighted by atomic mass is 10.2. The normalized spacial score (nSPS) is 15.2. The van der Waals surface area contributed by atoms with Gasteiger partial charge in [-0.3, -0.25) is 14.4 Å². The number of hydrogen-bond donors (Lipinski definition) is 3. The Kier molecular flexibility index (Phi) is 6.43. The van der Waals surface area contributed by atoms with Crippen LogP contribution in [0.1, 0.15) is 31.1 Å². The zero-order valence-electron chi connectivity index (χ0n) is 16.4.